The molecule has 2 aromatic rings. The lowest BCUT2D eigenvalue weighted by atomic mass is 9.89. The quantitative estimate of drug-likeness (QED) is 0.657. The van der Waals surface area contributed by atoms with Crippen LogP contribution >= 0.6 is 0 Å². The minimum atomic E-state index is -1.11. The molecular weight excluding hydrogens is 432 g/mol. The third-order valence-corrected chi connectivity index (χ3v) is 7.26. The summed E-state index contributed by atoms with van der Waals surface area (Å²) in [6.45, 7) is 4.70. The molecule has 0 spiro atoms. The van der Waals surface area contributed by atoms with Gasteiger partial charge in [-0.2, -0.15) is 0 Å². The van der Waals surface area contributed by atoms with Crippen molar-refractivity contribution in [2.45, 2.75) is 50.7 Å². The topological polar surface area (TPSA) is 95.9 Å². The van der Waals surface area contributed by atoms with Crippen LogP contribution in [0.4, 0.5) is 0 Å². The molecule has 4 atom stereocenters. The Labute approximate surface area is 200 Å². The fourth-order valence-electron chi connectivity index (χ4n) is 4.77. The highest BCUT2D eigenvalue weighted by atomic mass is 16.5. The molecule has 0 aromatic heterocycles. The lowest BCUT2D eigenvalue weighted by Crippen LogP contribution is -2.57. The van der Waals surface area contributed by atoms with E-state index in [2.05, 4.69) is 17.4 Å². The predicted octanol–water partition coefficient (Wildman–Crippen LogP) is 2.82. The molecule has 2 aliphatic heterocycles. The van der Waals surface area contributed by atoms with E-state index in [4.69, 9.17) is 4.74 Å². The van der Waals surface area contributed by atoms with Crippen LogP contribution in [-0.2, 0) is 25.5 Å². The average molecular weight is 465 g/mol. The van der Waals surface area contributed by atoms with Gasteiger partial charge in [0.05, 0.1) is 12.0 Å². The van der Waals surface area contributed by atoms with Gasteiger partial charge in [0.1, 0.15) is 17.9 Å². The third-order valence-electron chi connectivity index (χ3n) is 7.26. The second-order valence-corrected chi connectivity index (χ2v) is 9.58. The molecule has 2 aromatic carbocycles. The van der Waals surface area contributed by atoms with Crippen LogP contribution < -0.4 is 5.32 Å². The number of likely N-dealkylation sites (tertiary alicyclic amines) is 1. The summed E-state index contributed by atoms with van der Waals surface area (Å²) in [6.07, 6.45) is 0.826. The summed E-state index contributed by atoms with van der Waals surface area (Å²) >= 11 is 0. The molecule has 0 aliphatic carbocycles. The molecule has 7 heteroatoms. The van der Waals surface area contributed by atoms with Gasteiger partial charge in [0.15, 0.2) is 5.78 Å². The van der Waals surface area contributed by atoms with E-state index in [0.29, 0.717) is 25.4 Å². The zero-order valence-electron chi connectivity index (χ0n) is 19.7. The molecule has 7 nitrogen and oxygen atoms in total. The Bertz CT molecular complexity index is 1040. The summed E-state index contributed by atoms with van der Waals surface area (Å²) in [6, 6.07) is 16.8. The van der Waals surface area contributed by atoms with Crippen molar-refractivity contribution in [3.05, 3.63) is 65.7 Å². The molecule has 4 unspecified atom stereocenters. The van der Waals surface area contributed by atoms with E-state index in [1.165, 1.54) is 5.56 Å². The standard InChI is InChI=1S/C27H32N2O5/c1-18-27(2,24(31)17-34-18)28-26(33)22(14-19-8-10-23(30)11-9-19)15-25(32)29-13-12-21(16-29)20-6-4-3-5-7-20/h3-11,18,21-22,30H,12-17H2,1-2H3,(H,28,33). The molecule has 2 heterocycles. The summed E-state index contributed by atoms with van der Waals surface area (Å²) in [5.74, 6) is -0.793. The minimum absolute atomic E-state index is 0.0336. The number of rotatable bonds is 7. The Kier molecular flexibility index (Phi) is 7.03. The van der Waals surface area contributed by atoms with Crippen molar-refractivity contribution in [2.75, 3.05) is 19.7 Å². The van der Waals surface area contributed by atoms with Crippen LogP contribution in [0, 0.1) is 5.92 Å². The summed E-state index contributed by atoms with van der Waals surface area (Å²) in [5, 5.41) is 12.5. The number of nitrogens with zero attached hydrogens (tertiary/aromatic N) is 1. The van der Waals surface area contributed by atoms with Crippen molar-refractivity contribution in [1.82, 2.24) is 10.2 Å². The van der Waals surface area contributed by atoms with Gasteiger partial charge in [-0.3, -0.25) is 14.4 Å². The number of hydrogen-bond acceptors (Lipinski definition) is 5. The monoisotopic (exact) mass is 464 g/mol. The first-order valence-electron chi connectivity index (χ1n) is 11.8. The van der Waals surface area contributed by atoms with Crippen molar-refractivity contribution < 1.29 is 24.2 Å². The number of hydrogen-bond donors (Lipinski definition) is 2. The van der Waals surface area contributed by atoms with Gasteiger partial charge in [0.25, 0.3) is 0 Å². The Hall–Kier alpha value is -3.19. The molecule has 2 N–H and O–H groups in total. The van der Waals surface area contributed by atoms with Crippen LogP contribution in [-0.4, -0.2) is 58.9 Å². The van der Waals surface area contributed by atoms with Gasteiger partial charge in [-0.25, -0.2) is 0 Å². The molecule has 4 rings (SSSR count). The van der Waals surface area contributed by atoms with Crippen molar-refractivity contribution in [2.24, 2.45) is 5.92 Å². The van der Waals surface area contributed by atoms with E-state index < -0.39 is 17.6 Å². The highest BCUT2D eigenvalue weighted by Gasteiger charge is 2.47. The molecule has 180 valence electrons. The number of nitrogens with one attached hydrogen (secondary N) is 1. The lowest BCUT2D eigenvalue weighted by molar-refractivity contribution is -0.137. The number of phenolic OH excluding ortho intramolecular Hbond substituents is 1. The largest absolute Gasteiger partial charge is 0.508 e. The van der Waals surface area contributed by atoms with Crippen LogP contribution in [0.2, 0.25) is 0 Å². The van der Waals surface area contributed by atoms with Crippen molar-refractivity contribution in [3.63, 3.8) is 0 Å². The van der Waals surface area contributed by atoms with Crippen molar-refractivity contribution in [1.29, 1.82) is 0 Å². The van der Waals surface area contributed by atoms with Crippen molar-refractivity contribution >= 4 is 17.6 Å². The van der Waals surface area contributed by atoms with Gasteiger partial charge < -0.3 is 20.1 Å². The molecule has 2 amide bonds. The van der Waals surface area contributed by atoms with Gasteiger partial charge in [-0.15, -0.1) is 0 Å². The molecule has 0 radical (unpaired) electrons. The maximum atomic E-state index is 13.4. The van der Waals surface area contributed by atoms with Gasteiger partial charge in [-0.1, -0.05) is 42.5 Å². The first-order chi connectivity index (χ1) is 16.3. The first kappa shape index (κ1) is 24.0. The SMILES string of the molecule is CC1OCC(=O)C1(C)NC(=O)C(CC(=O)N1CCC(c2ccccc2)C1)Cc1ccc(O)cc1. The van der Waals surface area contributed by atoms with Gasteiger partial charge in [-0.05, 0) is 49.9 Å². The molecule has 0 bridgehead atoms. The van der Waals surface area contributed by atoms with Crippen LogP contribution in [0.5, 0.6) is 5.75 Å². The number of carbonyl (C=O) groups is 3. The average Bonchev–Trinajstić information content (AvgIpc) is 3.42. The van der Waals surface area contributed by atoms with Gasteiger partial charge in [0, 0.05) is 25.4 Å². The van der Waals surface area contributed by atoms with E-state index in [0.717, 1.165) is 12.0 Å². The number of ether oxygens (including phenoxy) is 1. The molecule has 0 saturated carbocycles. The maximum absolute atomic E-state index is 13.4. The number of benzene rings is 2. The van der Waals surface area contributed by atoms with Crippen LogP contribution in [0.15, 0.2) is 54.6 Å². The fraction of sp³-hybridized carbons (Fsp3) is 0.444. The number of amides is 2. The number of ketones is 1. The number of aromatic hydroxyl groups is 1. The van der Waals surface area contributed by atoms with E-state index >= 15 is 0 Å². The maximum Gasteiger partial charge on any atom is 0.224 e. The van der Waals surface area contributed by atoms with E-state index in [9.17, 15) is 19.5 Å². The van der Waals surface area contributed by atoms with E-state index in [1.54, 1.807) is 38.1 Å². The second-order valence-electron chi connectivity index (χ2n) is 9.58. The summed E-state index contributed by atoms with van der Waals surface area (Å²) in [4.78, 5) is 40.9. The normalized spacial score (nSPS) is 25.4. The second kappa shape index (κ2) is 9.97. The summed E-state index contributed by atoms with van der Waals surface area (Å²) in [5.41, 5.74) is 0.943. The predicted molar refractivity (Wildman–Crippen MR) is 127 cm³/mol. The van der Waals surface area contributed by atoms with E-state index in [1.807, 2.05) is 23.1 Å². The number of phenols is 1. The van der Waals surface area contributed by atoms with Gasteiger partial charge in [0.2, 0.25) is 11.8 Å². The third kappa shape index (κ3) is 5.14. The Balaban J connectivity index is 1.47. The zero-order chi connectivity index (χ0) is 24.3. The highest BCUT2D eigenvalue weighted by molar-refractivity contribution is 5.96. The minimum Gasteiger partial charge on any atom is -0.508 e. The van der Waals surface area contributed by atoms with Gasteiger partial charge >= 0.3 is 0 Å². The Morgan fingerprint density at radius 1 is 1.18 bits per heavy atom. The highest BCUT2D eigenvalue weighted by Crippen LogP contribution is 2.29. The van der Waals surface area contributed by atoms with Crippen molar-refractivity contribution in [3.8, 4) is 5.75 Å². The molecular formula is C27H32N2O5. The Morgan fingerprint density at radius 3 is 2.53 bits per heavy atom. The van der Waals surface area contributed by atoms with Crippen LogP contribution in [0.1, 0.15) is 43.7 Å². The van der Waals surface area contributed by atoms with Crippen LogP contribution in [0.25, 0.3) is 0 Å². The molecule has 2 fully saturated rings. The molecule has 34 heavy (non-hydrogen) atoms. The first-order valence-corrected chi connectivity index (χ1v) is 11.8. The molecule has 2 saturated heterocycles. The lowest BCUT2D eigenvalue weighted by Gasteiger charge is -2.30. The fourth-order valence-corrected chi connectivity index (χ4v) is 4.77. The molecule has 2 aliphatic rings. The van der Waals surface area contributed by atoms with E-state index in [-0.39, 0.29) is 36.4 Å². The van der Waals surface area contributed by atoms with Crippen LogP contribution in [0.3, 0.4) is 0 Å². The smallest absolute Gasteiger partial charge is 0.224 e. The zero-order valence-corrected chi connectivity index (χ0v) is 19.7. The summed E-state index contributed by atoms with van der Waals surface area (Å²) < 4.78 is 5.44. The Morgan fingerprint density at radius 2 is 1.88 bits per heavy atom. The number of Topliss-reactive ketones (excluding diaryl/α,β-unsaturated/α-hetero) is 1. The number of carbonyl (C=O) groups excluding carboxylic acids is 3. The summed E-state index contributed by atoms with van der Waals surface area (Å²) in [7, 11) is 0.